The summed E-state index contributed by atoms with van der Waals surface area (Å²) in [5.74, 6) is 0.125. The lowest BCUT2D eigenvalue weighted by atomic mass is 9.89. The minimum absolute atomic E-state index is 0.0188. The summed E-state index contributed by atoms with van der Waals surface area (Å²) in [7, 11) is -3.82. The lowest BCUT2D eigenvalue weighted by Crippen LogP contribution is -2.50. The van der Waals surface area contributed by atoms with Crippen LogP contribution in [0.3, 0.4) is 0 Å². The highest BCUT2D eigenvalue weighted by atomic mass is 32.2. The number of rotatable bonds is 9. The number of benzene rings is 2. The van der Waals surface area contributed by atoms with Gasteiger partial charge in [-0.1, -0.05) is 18.2 Å². The van der Waals surface area contributed by atoms with E-state index < -0.39 is 39.3 Å². The second kappa shape index (κ2) is 11.7. The number of halogens is 3. The van der Waals surface area contributed by atoms with Crippen LogP contribution in [0.4, 0.5) is 13.2 Å². The van der Waals surface area contributed by atoms with E-state index in [1.165, 1.54) is 22.5 Å². The first kappa shape index (κ1) is 29.7. The van der Waals surface area contributed by atoms with Crippen molar-refractivity contribution in [2.75, 3.05) is 26.3 Å². The van der Waals surface area contributed by atoms with Gasteiger partial charge in [-0.25, -0.2) is 8.42 Å². The van der Waals surface area contributed by atoms with Crippen LogP contribution in [-0.2, 0) is 21.0 Å². The van der Waals surface area contributed by atoms with Crippen LogP contribution in [0.25, 0.3) is 6.08 Å². The number of aliphatic hydroxyl groups excluding tert-OH is 2. The molecule has 0 saturated carbocycles. The summed E-state index contributed by atoms with van der Waals surface area (Å²) < 4.78 is 72.1. The molecule has 1 saturated heterocycles. The SMILES string of the molecule is Cc1cc(OCCC(O)CO)ccc1C=CS(=O)(=O)N1CCC2(CC1)N=C(c1cccc(C(F)(F)F)c1)NC2=O. The zero-order chi connectivity index (χ0) is 29.1. The predicted octanol–water partition coefficient (Wildman–Crippen LogP) is 2.85. The molecule has 2 aromatic rings. The van der Waals surface area contributed by atoms with Gasteiger partial charge in [-0.05, 0) is 61.2 Å². The Labute approximate surface area is 230 Å². The number of aryl methyl sites for hydroxylation is 1. The Kier molecular flexibility index (Phi) is 8.69. The molecule has 0 bridgehead atoms. The number of carbonyl (C=O) groups is 1. The van der Waals surface area contributed by atoms with Crippen LogP contribution in [0.2, 0.25) is 0 Å². The Morgan fingerprint density at radius 1 is 1.20 bits per heavy atom. The highest BCUT2D eigenvalue weighted by molar-refractivity contribution is 7.92. The van der Waals surface area contributed by atoms with Crippen LogP contribution in [0, 0.1) is 6.92 Å². The monoisotopic (exact) mass is 581 g/mol. The molecule has 216 valence electrons. The number of hydrogen-bond donors (Lipinski definition) is 3. The Bertz CT molecular complexity index is 1420. The van der Waals surface area contributed by atoms with E-state index in [1.807, 2.05) is 0 Å². The summed E-state index contributed by atoms with van der Waals surface area (Å²) >= 11 is 0. The maximum absolute atomic E-state index is 13.1. The van der Waals surface area contributed by atoms with Gasteiger partial charge >= 0.3 is 6.18 Å². The van der Waals surface area contributed by atoms with Crippen LogP contribution in [0.5, 0.6) is 5.75 Å². The van der Waals surface area contributed by atoms with Crippen LogP contribution < -0.4 is 10.1 Å². The van der Waals surface area contributed by atoms with Crippen molar-refractivity contribution < 1.29 is 41.3 Å². The molecule has 1 spiro atoms. The molecule has 1 fully saturated rings. The number of amidine groups is 1. The second-order valence-electron chi connectivity index (χ2n) is 9.76. The summed E-state index contributed by atoms with van der Waals surface area (Å²) in [5, 5.41) is 21.9. The third-order valence-electron chi connectivity index (χ3n) is 6.94. The quantitative estimate of drug-likeness (QED) is 0.418. The molecule has 40 heavy (non-hydrogen) atoms. The maximum atomic E-state index is 13.1. The number of aliphatic hydroxyl groups is 2. The van der Waals surface area contributed by atoms with Gasteiger partial charge in [-0.2, -0.15) is 17.5 Å². The van der Waals surface area contributed by atoms with Gasteiger partial charge in [0.15, 0.2) is 0 Å². The summed E-state index contributed by atoms with van der Waals surface area (Å²) in [6, 6.07) is 9.65. The van der Waals surface area contributed by atoms with E-state index in [4.69, 9.17) is 9.84 Å². The lowest BCUT2D eigenvalue weighted by Gasteiger charge is -2.34. The molecule has 1 amide bonds. The number of nitrogens with one attached hydrogen (secondary N) is 1. The fourth-order valence-electron chi connectivity index (χ4n) is 4.52. The fourth-order valence-corrected chi connectivity index (χ4v) is 5.70. The highest BCUT2D eigenvalue weighted by Crippen LogP contribution is 2.34. The standard InChI is InChI=1S/C27H30F3N3O6S/c1-18-15-23(39-13-7-22(35)17-34)6-5-19(18)8-14-40(37,38)33-11-9-26(10-12-33)25(36)31-24(32-26)20-3-2-4-21(16-20)27(28,29)30/h2-6,8,14-16,22,34-35H,7,9-13,17H2,1H3,(H,31,32,36). The Morgan fingerprint density at radius 2 is 1.93 bits per heavy atom. The number of hydrogen-bond acceptors (Lipinski definition) is 7. The zero-order valence-electron chi connectivity index (χ0n) is 21.7. The average molecular weight is 582 g/mol. The number of aliphatic imine (C=N–C) groups is 1. The molecular weight excluding hydrogens is 551 g/mol. The van der Waals surface area contributed by atoms with Gasteiger partial charge in [0, 0.05) is 30.5 Å². The number of carbonyl (C=O) groups excluding carboxylic acids is 1. The number of alkyl halides is 3. The first-order chi connectivity index (χ1) is 18.8. The smallest absolute Gasteiger partial charge is 0.416 e. The van der Waals surface area contributed by atoms with Crippen molar-refractivity contribution in [3.63, 3.8) is 0 Å². The predicted molar refractivity (Wildman–Crippen MR) is 142 cm³/mol. The summed E-state index contributed by atoms with van der Waals surface area (Å²) in [6.07, 6.45) is -3.48. The van der Waals surface area contributed by atoms with Crippen molar-refractivity contribution in [3.05, 3.63) is 70.1 Å². The van der Waals surface area contributed by atoms with Gasteiger partial charge in [0.1, 0.15) is 17.1 Å². The number of ether oxygens (including phenoxy) is 1. The van der Waals surface area contributed by atoms with E-state index in [2.05, 4.69) is 10.3 Å². The molecule has 4 rings (SSSR count). The van der Waals surface area contributed by atoms with Crippen molar-refractivity contribution in [3.8, 4) is 5.75 Å². The molecule has 3 N–H and O–H groups in total. The van der Waals surface area contributed by atoms with E-state index in [1.54, 1.807) is 25.1 Å². The molecule has 13 heteroatoms. The van der Waals surface area contributed by atoms with Gasteiger partial charge in [0.05, 0.1) is 24.9 Å². The molecule has 9 nitrogen and oxygen atoms in total. The maximum Gasteiger partial charge on any atom is 0.416 e. The number of amides is 1. The molecular formula is C27H30F3N3O6S. The third kappa shape index (κ3) is 6.72. The van der Waals surface area contributed by atoms with E-state index in [9.17, 15) is 31.5 Å². The minimum atomic E-state index is -4.54. The van der Waals surface area contributed by atoms with Gasteiger partial charge in [0.2, 0.25) is 10.0 Å². The van der Waals surface area contributed by atoms with Crippen molar-refractivity contribution in [1.29, 1.82) is 0 Å². The molecule has 0 aromatic heterocycles. The van der Waals surface area contributed by atoms with Gasteiger partial charge < -0.3 is 20.3 Å². The fraction of sp³-hybridized carbons (Fsp3) is 0.407. The molecule has 2 heterocycles. The topological polar surface area (TPSA) is 129 Å². The van der Waals surface area contributed by atoms with Crippen molar-refractivity contribution in [2.45, 2.75) is 44.0 Å². The van der Waals surface area contributed by atoms with Crippen LogP contribution in [0.15, 0.2) is 52.9 Å². The second-order valence-corrected chi connectivity index (χ2v) is 11.6. The molecule has 2 aliphatic rings. The van der Waals surface area contributed by atoms with E-state index in [0.717, 1.165) is 23.1 Å². The van der Waals surface area contributed by atoms with E-state index in [0.29, 0.717) is 11.3 Å². The van der Waals surface area contributed by atoms with Crippen molar-refractivity contribution in [2.24, 2.45) is 4.99 Å². The minimum Gasteiger partial charge on any atom is -0.493 e. The van der Waals surface area contributed by atoms with Crippen molar-refractivity contribution >= 4 is 27.8 Å². The number of sulfonamides is 1. The lowest BCUT2D eigenvalue weighted by molar-refractivity contribution is -0.137. The van der Waals surface area contributed by atoms with Gasteiger partial charge in [-0.3, -0.25) is 9.79 Å². The highest BCUT2D eigenvalue weighted by Gasteiger charge is 2.47. The zero-order valence-corrected chi connectivity index (χ0v) is 22.5. The number of piperidine rings is 1. The van der Waals surface area contributed by atoms with Gasteiger partial charge in [0.25, 0.3) is 5.91 Å². The van der Waals surface area contributed by atoms with Crippen molar-refractivity contribution in [1.82, 2.24) is 9.62 Å². The van der Waals surface area contributed by atoms with E-state index in [-0.39, 0.29) is 57.0 Å². The molecule has 2 aliphatic heterocycles. The summed E-state index contributed by atoms with van der Waals surface area (Å²) in [5.41, 5.74) is -0.536. The third-order valence-corrected chi connectivity index (χ3v) is 8.51. The molecule has 1 atom stereocenters. The molecule has 2 aromatic carbocycles. The van der Waals surface area contributed by atoms with Gasteiger partial charge in [-0.15, -0.1) is 0 Å². The van der Waals surface area contributed by atoms with Crippen LogP contribution in [0.1, 0.15) is 41.5 Å². The van der Waals surface area contributed by atoms with Crippen LogP contribution >= 0.6 is 0 Å². The average Bonchev–Trinajstić information content (AvgIpc) is 3.23. The molecule has 0 aliphatic carbocycles. The largest absolute Gasteiger partial charge is 0.493 e. The molecule has 0 radical (unpaired) electrons. The molecule has 1 unspecified atom stereocenters. The normalized spacial score (nSPS) is 18.6. The summed E-state index contributed by atoms with van der Waals surface area (Å²) in [6.45, 7) is 1.70. The first-order valence-electron chi connectivity index (χ1n) is 12.6. The van der Waals surface area contributed by atoms with E-state index >= 15 is 0 Å². The summed E-state index contributed by atoms with van der Waals surface area (Å²) in [4.78, 5) is 17.2. The van der Waals surface area contributed by atoms with Crippen LogP contribution in [-0.4, -0.2) is 72.6 Å². The Hall–Kier alpha value is -3.26. The Balaban J connectivity index is 1.40. The first-order valence-corrected chi connectivity index (χ1v) is 14.1. The number of nitrogens with zero attached hydrogens (tertiary/aromatic N) is 2. The Morgan fingerprint density at radius 3 is 2.58 bits per heavy atom.